The summed E-state index contributed by atoms with van der Waals surface area (Å²) in [5, 5.41) is 21.8. The zero-order chi connectivity index (χ0) is 16.4. The van der Waals surface area contributed by atoms with Crippen molar-refractivity contribution in [2.75, 3.05) is 5.32 Å². The third kappa shape index (κ3) is 2.78. The highest BCUT2D eigenvalue weighted by atomic mass is 15.6. The zero-order valence-electron chi connectivity index (χ0n) is 13.4. The van der Waals surface area contributed by atoms with Gasteiger partial charge < -0.3 is 5.32 Å². The van der Waals surface area contributed by atoms with Gasteiger partial charge in [0.1, 0.15) is 0 Å². The molecule has 0 radical (unpaired) electrons. The van der Waals surface area contributed by atoms with Crippen molar-refractivity contribution in [1.82, 2.24) is 25.3 Å². The fourth-order valence-electron chi connectivity index (χ4n) is 2.88. The zero-order valence-corrected chi connectivity index (χ0v) is 13.4. The molecule has 0 aliphatic heterocycles. The van der Waals surface area contributed by atoms with Crippen molar-refractivity contribution in [3.8, 4) is 0 Å². The molecule has 0 saturated heterocycles. The standard InChI is InChI=1S/C18H18N6/c1-13(11-12-14-7-3-2-4-8-14)19-17-15-9-5-6-10-16(15)18-20-22-23-24(18)21-17/h2-10,13H,11-12H2,1H3,(H,19,21)/t13-/m1/s1. The number of fused-ring (bicyclic) bond motifs is 3. The van der Waals surface area contributed by atoms with Crippen LogP contribution in [0.2, 0.25) is 0 Å². The van der Waals surface area contributed by atoms with Crippen LogP contribution >= 0.6 is 0 Å². The van der Waals surface area contributed by atoms with Gasteiger partial charge in [0.2, 0.25) is 5.65 Å². The van der Waals surface area contributed by atoms with E-state index in [0.29, 0.717) is 5.65 Å². The van der Waals surface area contributed by atoms with Crippen molar-refractivity contribution in [2.45, 2.75) is 25.8 Å². The average molecular weight is 318 g/mol. The molecule has 24 heavy (non-hydrogen) atoms. The highest BCUT2D eigenvalue weighted by molar-refractivity contribution is 5.99. The Balaban J connectivity index is 1.58. The molecule has 120 valence electrons. The summed E-state index contributed by atoms with van der Waals surface area (Å²) in [4.78, 5) is 0. The van der Waals surface area contributed by atoms with Crippen LogP contribution in [-0.4, -0.2) is 31.3 Å². The second kappa shape index (κ2) is 6.23. The number of rotatable bonds is 5. The summed E-state index contributed by atoms with van der Waals surface area (Å²) in [6, 6.07) is 18.9. The maximum absolute atomic E-state index is 4.53. The molecule has 1 atom stereocenters. The van der Waals surface area contributed by atoms with Gasteiger partial charge in [0.25, 0.3) is 0 Å². The van der Waals surface area contributed by atoms with Crippen LogP contribution in [0, 0.1) is 0 Å². The maximum atomic E-state index is 4.53. The predicted octanol–water partition coefficient (Wildman–Crippen LogP) is 3.11. The molecule has 2 aromatic carbocycles. The van der Waals surface area contributed by atoms with Gasteiger partial charge in [0.05, 0.1) is 0 Å². The van der Waals surface area contributed by atoms with Crippen molar-refractivity contribution in [3.05, 3.63) is 60.2 Å². The van der Waals surface area contributed by atoms with E-state index >= 15 is 0 Å². The first-order valence-electron chi connectivity index (χ1n) is 8.09. The van der Waals surface area contributed by atoms with Gasteiger partial charge in [-0.3, -0.25) is 0 Å². The van der Waals surface area contributed by atoms with Gasteiger partial charge in [-0.25, -0.2) is 0 Å². The second-order valence-corrected chi connectivity index (χ2v) is 5.96. The van der Waals surface area contributed by atoms with Gasteiger partial charge in [-0.2, -0.15) is 0 Å². The van der Waals surface area contributed by atoms with E-state index < -0.39 is 0 Å². The van der Waals surface area contributed by atoms with Gasteiger partial charge >= 0.3 is 0 Å². The van der Waals surface area contributed by atoms with Gasteiger partial charge in [-0.15, -0.1) is 14.8 Å². The first kappa shape index (κ1) is 14.6. The number of hydrogen-bond donors (Lipinski definition) is 1. The summed E-state index contributed by atoms with van der Waals surface area (Å²) in [6.45, 7) is 2.17. The van der Waals surface area contributed by atoms with E-state index in [-0.39, 0.29) is 6.04 Å². The van der Waals surface area contributed by atoms with Crippen molar-refractivity contribution >= 4 is 22.2 Å². The minimum Gasteiger partial charge on any atom is -0.366 e. The van der Waals surface area contributed by atoms with Crippen LogP contribution in [0.15, 0.2) is 54.6 Å². The summed E-state index contributed by atoms with van der Waals surface area (Å²) in [5.41, 5.74) is 2.02. The van der Waals surface area contributed by atoms with Crippen molar-refractivity contribution in [2.24, 2.45) is 0 Å². The van der Waals surface area contributed by atoms with E-state index in [2.05, 4.69) is 57.1 Å². The Labute approximate surface area is 139 Å². The molecular formula is C18H18N6. The van der Waals surface area contributed by atoms with E-state index in [1.165, 1.54) is 10.2 Å². The van der Waals surface area contributed by atoms with Gasteiger partial charge in [-0.1, -0.05) is 54.6 Å². The molecule has 0 aliphatic rings. The Bertz CT molecular complexity index is 963. The van der Waals surface area contributed by atoms with E-state index in [9.17, 15) is 0 Å². The molecule has 6 nitrogen and oxygen atoms in total. The molecule has 6 heteroatoms. The van der Waals surface area contributed by atoms with Crippen molar-refractivity contribution < 1.29 is 0 Å². The van der Waals surface area contributed by atoms with E-state index in [1.807, 2.05) is 30.3 Å². The summed E-state index contributed by atoms with van der Waals surface area (Å²) in [6.07, 6.45) is 2.05. The molecular weight excluding hydrogens is 300 g/mol. The molecule has 1 N–H and O–H groups in total. The normalized spacial score (nSPS) is 12.5. The minimum atomic E-state index is 0.287. The first-order chi connectivity index (χ1) is 11.8. The van der Waals surface area contributed by atoms with Crippen LogP contribution < -0.4 is 5.32 Å². The number of aryl methyl sites for hydroxylation is 1. The molecule has 0 fully saturated rings. The lowest BCUT2D eigenvalue weighted by Crippen LogP contribution is -2.18. The third-order valence-corrected chi connectivity index (χ3v) is 4.16. The lowest BCUT2D eigenvalue weighted by molar-refractivity contribution is 0.689. The number of benzene rings is 2. The Kier molecular flexibility index (Phi) is 3.78. The third-order valence-electron chi connectivity index (χ3n) is 4.16. The topological polar surface area (TPSA) is 68.0 Å². The molecule has 0 spiro atoms. The Morgan fingerprint density at radius 2 is 1.75 bits per heavy atom. The summed E-state index contributed by atoms with van der Waals surface area (Å²) >= 11 is 0. The van der Waals surface area contributed by atoms with Crippen LogP contribution in [0.4, 0.5) is 5.82 Å². The molecule has 0 bridgehead atoms. The van der Waals surface area contributed by atoms with Crippen LogP contribution in [0.25, 0.3) is 16.4 Å². The van der Waals surface area contributed by atoms with Crippen molar-refractivity contribution in [3.63, 3.8) is 0 Å². The fourth-order valence-corrected chi connectivity index (χ4v) is 2.88. The SMILES string of the molecule is C[C@H](CCc1ccccc1)Nc1nn2nnnc2c2ccccc12. The minimum absolute atomic E-state index is 0.287. The molecule has 4 rings (SSSR count). The Morgan fingerprint density at radius 1 is 1.00 bits per heavy atom. The van der Waals surface area contributed by atoms with Crippen LogP contribution in [0.3, 0.4) is 0 Å². The van der Waals surface area contributed by atoms with E-state index in [0.717, 1.165) is 29.4 Å². The fraction of sp³-hybridized carbons (Fsp3) is 0.222. The number of nitrogens with one attached hydrogen (secondary N) is 1. The lowest BCUT2D eigenvalue weighted by Gasteiger charge is -2.16. The lowest BCUT2D eigenvalue weighted by atomic mass is 10.1. The van der Waals surface area contributed by atoms with Crippen molar-refractivity contribution in [1.29, 1.82) is 0 Å². The van der Waals surface area contributed by atoms with Gasteiger partial charge in [0.15, 0.2) is 5.82 Å². The molecule has 0 amide bonds. The molecule has 4 aromatic rings. The quantitative estimate of drug-likeness (QED) is 0.612. The highest BCUT2D eigenvalue weighted by Crippen LogP contribution is 2.24. The number of anilines is 1. The maximum Gasteiger partial charge on any atom is 0.207 e. The first-order valence-corrected chi connectivity index (χ1v) is 8.09. The van der Waals surface area contributed by atoms with E-state index in [1.54, 1.807) is 0 Å². The van der Waals surface area contributed by atoms with Gasteiger partial charge in [0, 0.05) is 16.8 Å². The number of nitrogens with zero attached hydrogens (tertiary/aromatic N) is 5. The van der Waals surface area contributed by atoms with Crippen LogP contribution in [0.1, 0.15) is 18.9 Å². The van der Waals surface area contributed by atoms with E-state index in [4.69, 9.17) is 0 Å². The molecule has 0 unspecified atom stereocenters. The predicted molar refractivity (Wildman–Crippen MR) is 93.9 cm³/mol. The summed E-state index contributed by atoms with van der Waals surface area (Å²) in [7, 11) is 0. The number of tetrazole rings is 1. The molecule has 2 aromatic heterocycles. The van der Waals surface area contributed by atoms with Crippen LogP contribution in [-0.2, 0) is 6.42 Å². The largest absolute Gasteiger partial charge is 0.366 e. The summed E-state index contributed by atoms with van der Waals surface area (Å²) in [5.74, 6) is 0.811. The number of hydrogen-bond acceptors (Lipinski definition) is 5. The second-order valence-electron chi connectivity index (χ2n) is 5.96. The molecule has 0 saturated carbocycles. The average Bonchev–Trinajstić information content (AvgIpc) is 3.10. The highest BCUT2D eigenvalue weighted by Gasteiger charge is 2.12. The Hall–Kier alpha value is -3.02. The smallest absolute Gasteiger partial charge is 0.207 e. The van der Waals surface area contributed by atoms with Crippen LogP contribution in [0.5, 0.6) is 0 Å². The molecule has 0 aliphatic carbocycles. The summed E-state index contributed by atoms with van der Waals surface area (Å²) < 4.78 is 1.48. The van der Waals surface area contributed by atoms with Gasteiger partial charge in [-0.05, 0) is 35.8 Å². The monoisotopic (exact) mass is 318 g/mol. The number of aromatic nitrogens is 5. The Morgan fingerprint density at radius 3 is 2.58 bits per heavy atom. The molecule has 2 heterocycles.